The van der Waals surface area contributed by atoms with E-state index in [1.54, 1.807) is 0 Å². The molecule has 2 unspecified atom stereocenters. The minimum atomic E-state index is -0.626. The van der Waals surface area contributed by atoms with E-state index in [0.29, 0.717) is 17.6 Å². The minimum absolute atomic E-state index is 0.100. The smallest absolute Gasteiger partial charge is 0.313 e. The molecular weight excluding hydrogens is 277 g/mol. The van der Waals surface area contributed by atoms with E-state index in [0.717, 1.165) is 38.5 Å². The van der Waals surface area contributed by atoms with Gasteiger partial charge in [-0.25, -0.2) is 4.39 Å². The molecule has 6 nitrogen and oxygen atoms in total. The van der Waals surface area contributed by atoms with Crippen LogP contribution in [0.4, 0.5) is 15.8 Å². The molecule has 2 aliphatic heterocycles. The lowest BCUT2D eigenvalue weighted by Gasteiger charge is -2.36. The summed E-state index contributed by atoms with van der Waals surface area (Å²) in [5.41, 5.74) is 0.0546. The first kappa shape index (κ1) is 14.1. The molecule has 0 aromatic heterocycles. The van der Waals surface area contributed by atoms with Crippen molar-refractivity contribution in [3.05, 3.63) is 28.1 Å². The number of fused-ring (bicyclic) bond motifs is 1. The molecule has 7 heteroatoms. The van der Waals surface area contributed by atoms with Gasteiger partial charge in [-0.05, 0) is 25.3 Å². The zero-order valence-corrected chi connectivity index (χ0v) is 11.8. The van der Waals surface area contributed by atoms with Gasteiger partial charge in [-0.15, -0.1) is 0 Å². The standard InChI is InChI=1S/C14H18FN3O3/c1-21-14-7-12(10(15)6-13(14)18(19)20)17-5-3-11-9(8-17)2-4-16-11/h6-7,9,11,16H,2-5,8H2,1H3. The summed E-state index contributed by atoms with van der Waals surface area (Å²) in [5, 5.41) is 14.4. The number of nitro groups is 1. The fourth-order valence-corrected chi connectivity index (χ4v) is 3.35. The maximum Gasteiger partial charge on any atom is 0.313 e. The van der Waals surface area contributed by atoms with Crippen LogP contribution in [0.25, 0.3) is 0 Å². The molecule has 2 saturated heterocycles. The monoisotopic (exact) mass is 295 g/mol. The summed E-state index contributed by atoms with van der Waals surface area (Å²) >= 11 is 0. The number of nitrogens with one attached hydrogen (secondary N) is 1. The van der Waals surface area contributed by atoms with Crippen LogP contribution >= 0.6 is 0 Å². The van der Waals surface area contributed by atoms with Gasteiger partial charge in [0.1, 0.15) is 0 Å². The number of nitrogens with zero attached hydrogens (tertiary/aromatic N) is 2. The number of halogens is 1. The molecule has 2 heterocycles. The van der Waals surface area contributed by atoms with Crippen LogP contribution in [0.1, 0.15) is 12.8 Å². The van der Waals surface area contributed by atoms with Crippen LogP contribution in [0.2, 0.25) is 0 Å². The molecule has 21 heavy (non-hydrogen) atoms. The van der Waals surface area contributed by atoms with Crippen LogP contribution in [0.3, 0.4) is 0 Å². The molecule has 1 aromatic carbocycles. The highest BCUT2D eigenvalue weighted by atomic mass is 19.1. The lowest BCUT2D eigenvalue weighted by atomic mass is 9.93. The Morgan fingerprint density at radius 1 is 1.48 bits per heavy atom. The summed E-state index contributed by atoms with van der Waals surface area (Å²) in [6, 6.07) is 2.91. The summed E-state index contributed by atoms with van der Waals surface area (Å²) in [4.78, 5) is 12.2. The largest absolute Gasteiger partial charge is 0.490 e. The first-order valence-electron chi connectivity index (χ1n) is 7.10. The van der Waals surface area contributed by atoms with E-state index in [9.17, 15) is 14.5 Å². The third kappa shape index (κ3) is 2.53. The second-order valence-electron chi connectivity index (χ2n) is 5.58. The van der Waals surface area contributed by atoms with E-state index in [1.807, 2.05) is 4.90 Å². The number of nitro benzene ring substituents is 1. The van der Waals surface area contributed by atoms with Crippen LogP contribution < -0.4 is 15.0 Å². The quantitative estimate of drug-likeness (QED) is 0.681. The Morgan fingerprint density at radius 3 is 3.00 bits per heavy atom. The number of benzene rings is 1. The summed E-state index contributed by atoms with van der Waals surface area (Å²) in [6.07, 6.45) is 2.05. The summed E-state index contributed by atoms with van der Waals surface area (Å²) in [7, 11) is 1.36. The highest BCUT2D eigenvalue weighted by molar-refractivity contribution is 5.60. The van der Waals surface area contributed by atoms with E-state index in [-0.39, 0.29) is 11.4 Å². The number of ether oxygens (including phenoxy) is 1. The topological polar surface area (TPSA) is 67.6 Å². The molecule has 1 aromatic rings. The van der Waals surface area contributed by atoms with E-state index >= 15 is 0 Å². The van der Waals surface area contributed by atoms with Gasteiger partial charge in [0.15, 0.2) is 11.6 Å². The van der Waals surface area contributed by atoms with Gasteiger partial charge in [-0.2, -0.15) is 0 Å². The fraction of sp³-hybridized carbons (Fsp3) is 0.571. The number of piperidine rings is 1. The highest BCUT2D eigenvalue weighted by Gasteiger charge is 2.34. The predicted octanol–water partition coefficient (Wildman–Crippen LogP) is 1.93. The molecule has 2 aliphatic rings. The summed E-state index contributed by atoms with van der Waals surface area (Å²) in [5.74, 6) is 0.0503. The van der Waals surface area contributed by atoms with Crippen molar-refractivity contribution in [2.45, 2.75) is 18.9 Å². The van der Waals surface area contributed by atoms with Gasteiger partial charge in [0.05, 0.1) is 23.8 Å². The summed E-state index contributed by atoms with van der Waals surface area (Å²) < 4.78 is 19.3. The molecule has 2 fully saturated rings. The zero-order chi connectivity index (χ0) is 15.0. The number of rotatable bonds is 3. The van der Waals surface area contributed by atoms with Gasteiger partial charge >= 0.3 is 5.69 Å². The number of hydrogen-bond acceptors (Lipinski definition) is 5. The molecule has 0 saturated carbocycles. The number of methoxy groups -OCH3 is 1. The lowest BCUT2D eigenvalue weighted by molar-refractivity contribution is -0.385. The van der Waals surface area contributed by atoms with Crippen molar-refractivity contribution in [2.75, 3.05) is 31.6 Å². The van der Waals surface area contributed by atoms with Crippen LogP contribution in [0.15, 0.2) is 12.1 Å². The highest BCUT2D eigenvalue weighted by Crippen LogP contribution is 2.36. The lowest BCUT2D eigenvalue weighted by Crippen LogP contribution is -2.44. The molecule has 0 amide bonds. The van der Waals surface area contributed by atoms with Crippen molar-refractivity contribution in [1.82, 2.24) is 5.32 Å². The summed E-state index contributed by atoms with van der Waals surface area (Å²) in [6.45, 7) is 2.52. The van der Waals surface area contributed by atoms with Gasteiger partial charge in [-0.1, -0.05) is 0 Å². The van der Waals surface area contributed by atoms with E-state index in [1.165, 1.54) is 13.2 Å². The average molecular weight is 295 g/mol. The normalized spacial score (nSPS) is 24.8. The Kier molecular flexibility index (Phi) is 3.67. The van der Waals surface area contributed by atoms with Crippen molar-refractivity contribution in [1.29, 1.82) is 0 Å². The SMILES string of the molecule is COc1cc(N2CCC3NCCC3C2)c(F)cc1[N+](=O)[O-]. The Bertz CT molecular complexity index is 567. The maximum absolute atomic E-state index is 14.2. The molecule has 0 spiro atoms. The maximum atomic E-state index is 14.2. The zero-order valence-electron chi connectivity index (χ0n) is 11.8. The fourth-order valence-electron chi connectivity index (χ4n) is 3.35. The van der Waals surface area contributed by atoms with Crippen LogP contribution in [-0.4, -0.2) is 37.7 Å². The molecule has 1 N–H and O–H groups in total. The van der Waals surface area contributed by atoms with Crippen molar-refractivity contribution >= 4 is 11.4 Å². The van der Waals surface area contributed by atoms with Crippen molar-refractivity contribution in [2.24, 2.45) is 5.92 Å². The second-order valence-corrected chi connectivity index (χ2v) is 5.58. The van der Waals surface area contributed by atoms with Crippen LogP contribution in [-0.2, 0) is 0 Å². The van der Waals surface area contributed by atoms with Crippen molar-refractivity contribution < 1.29 is 14.1 Å². The average Bonchev–Trinajstić information content (AvgIpc) is 2.94. The first-order valence-corrected chi connectivity index (χ1v) is 7.10. The molecular formula is C14H18FN3O3. The molecule has 114 valence electrons. The van der Waals surface area contributed by atoms with Crippen LogP contribution in [0, 0.1) is 21.8 Å². The molecule has 0 bridgehead atoms. The number of anilines is 1. The Hall–Kier alpha value is -1.89. The van der Waals surface area contributed by atoms with E-state index in [2.05, 4.69) is 5.32 Å². The third-order valence-corrected chi connectivity index (χ3v) is 4.44. The Balaban J connectivity index is 1.89. The second kappa shape index (κ2) is 5.48. The Morgan fingerprint density at radius 2 is 2.29 bits per heavy atom. The minimum Gasteiger partial charge on any atom is -0.490 e. The predicted molar refractivity (Wildman–Crippen MR) is 76.3 cm³/mol. The van der Waals surface area contributed by atoms with Gasteiger partial charge < -0.3 is 15.0 Å². The van der Waals surface area contributed by atoms with Gasteiger partial charge in [0, 0.05) is 25.2 Å². The van der Waals surface area contributed by atoms with Gasteiger partial charge in [-0.3, -0.25) is 10.1 Å². The first-order chi connectivity index (χ1) is 10.1. The molecule has 0 radical (unpaired) electrons. The molecule has 0 aliphatic carbocycles. The number of hydrogen-bond donors (Lipinski definition) is 1. The Labute approximate surface area is 122 Å². The van der Waals surface area contributed by atoms with Crippen molar-refractivity contribution in [3.63, 3.8) is 0 Å². The van der Waals surface area contributed by atoms with E-state index in [4.69, 9.17) is 4.74 Å². The molecule has 2 atom stereocenters. The third-order valence-electron chi connectivity index (χ3n) is 4.44. The van der Waals surface area contributed by atoms with Gasteiger partial charge in [0.2, 0.25) is 0 Å². The van der Waals surface area contributed by atoms with E-state index < -0.39 is 10.7 Å². The molecule has 3 rings (SSSR count). The van der Waals surface area contributed by atoms with Gasteiger partial charge in [0.25, 0.3) is 0 Å². The van der Waals surface area contributed by atoms with Crippen LogP contribution in [0.5, 0.6) is 5.75 Å². The van der Waals surface area contributed by atoms with Crippen molar-refractivity contribution in [3.8, 4) is 5.75 Å².